The summed E-state index contributed by atoms with van der Waals surface area (Å²) in [6.45, 7) is 6.29. The summed E-state index contributed by atoms with van der Waals surface area (Å²) in [6.07, 6.45) is 5.31. The molecule has 13 heteroatoms. The summed E-state index contributed by atoms with van der Waals surface area (Å²) in [5.74, 6) is -0.296. The first-order valence-corrected chi connectivity index (χ1v) is 15.3. The fourth-order valence-corrected chi connectivity index (χ4v) is 5.86. The van der Waals surface area contributed by atoms with Crippen LogP contribution in [0.3, 0.4) is 0 Å². The fourth-order valence-electron chi connectivity index (χ4n) is 5.86. The zero-order chi connectivity index (χ0) is 32.2. The predicted molar refractivity (Wildman–Crippen MR) is 174 cm³/mol. The van der Waals surface area contributed by atoms with Gasteiger partial charge < -0.3 is 30.4 Å². The third kappa shape index (κ3) is 6.65. The second-order valence-corrected chi connectivity index (χ2v) is 11.4. The highest BCUT2D eigenvalue weighted by Crippen LogP contribution is 2.33. The number of nitrogens with zero attached hydrogens (tertiary/aromatic N) is 6. The number of likely N-dealkylation sites (N-methyl/N-ethyl adjacent to an activating group) is 1. The van der Waals surface area contributed by atoms with Crippen LogP contribution in [0, 0.1) is 5.82 Å². The normalized spacial score (nSPS) is 14.8. The Morgan fingerprint density at radius 1 is 1.13 bits per heavy atom. The van der Waals surface area contributed by atoms with Crippen LogP contribution in [0.25, 0.3) is 22.2 Å². The highest BCUT2D eigenvalue weighted by atomic mass is 19.1. The quantitative estimate of drug-likeness (QED) is 0.172. The number of H-pyrrole nitrogens is 1. The number of halogens is 1. The lowest BCUT2D eigenvalue weighted by Crippen LogP contribution is -2.53. The number of hydrogen-bond donors (Lipinski definition) is 4. The van der Waals surface area contributed by atoms with E-state index in [4.69, 9.17) is 4.74 Å². The minimum absolute atomic E-state index is 0.00791. The first-order valence-electron chi connectivity index (χ1n) is 15.3. The number of para-hydroxylation sites is 2. The van der Waals surface area contributed by atoms with Crippen molar-refractivity contribution in [2.45, 2.75) is 19.4 Å². The monoisotopic (exact) mass is 627 g/mol. The highest BCUT2D eigenvalue weighted by Gasteiger charge is 2.25. The number of aromatic hydroxyl groups is 1. The van der Waals surface area contributed by atoms with E-state index >= 15 is 4.39 Å². The van der Waals surface area contributed by atoms with Gasteiger partial charge in [-0.25, -0.2) is 14.4 Å². The molecule has 5 aromatic rings. The number of amides is 1. The number of anilines is 2. The number of benzene rings is 2. The summed E-state index contributed by atoms with van der Waals surface area (Å²) < 4.78 is 22.5. The number of aryl methyl sites for hydroxylation is 1. The second-order valence-electron chi connectivity index (χ2n) is 11.4. The molecule has 0 aliphatic carbocycles. The third-order valence-corrected chi connectivity index (χ3v) is 8.28. The summed E-state index contributed by atoms with van der Waals surface area (Å²) in [5.41, 5.74) is 3.51. The molecule has 0 saturated carbocycles. The van der Waals surface area contributed by atoms with Gasteiger partial charge in [-0.15, -0.1) is 5.10 Å². The number of nitrogens with one attached hydrogen (secondary N) is 3. The molecule has 240 valence electrons. The van der Waals surface area contributed by atoms with Crippen LogP contribution < -0.4 is 15.4 Å². The Kier molecular flexibility index (Phi) is 9.13. The highest BCUT2D eigenvalue weighted by molar-refractivity contribution is 5.97. The molecule has 46 heavy (non-hydrogen) atoms. The number of fused-ring (bicyclic) bond motifs is 1. The van der Waals surface area contributed by atoms with Gasteiger partial charge in [0, 0.05) is 68.5 Å². The van der Waals surface area contributed by atoms with Crippen molar-refractivity contribution >= 4 is 28.4 Å². The third-order valence-electron chi connectivity index (χ3n) is 8.28. The number of aromatic amines is 1. The molecule has 2 aromatic carbocycles. The molecule has 6 rings (SSSR count). The van der Waals surface area contributed by atoms with Crippen molar-refractivity contribution in [3.63, 3.8) is 0 Å². The van der Waals surface area contributed by atoms with Crippen molar-refractivity contribution in [2.24, 2.45) is 7.05 Å². The van der Waals surface area contributed by atoms with E-state index < -0.39 is 5.82 Å². The zero-order valence-electron chi connectivity index (χ0n) is 26.1. The first kappa shape index (κ1) is 31.0. The van der Waals surface area contributed by atoms with Crippen molar-refractivity contribution < 1.29 is 19.0 Å². The molecule has 1 aliphatic rings. The molecule has 12 nitrogen and oxygen atoms in total. The SMILES string of the molecule is CCOc1nn(C)cc1Nc1ncc(F)c(-c2c[nH]c3c(C[C@H](CNC(=O)c4ccccc4O)N4CCN(C)CC4)cccc23)n1. The van der Waals surface area contributed by atoms with Gasteiger partial charge in [0.05, 0.1) is 24.6 Å². The molecule has 1 fully saturated rings. The Bertz CT molecular complexity index is 1830. The number of phenols is 1. The van der Waals surface area contributed by atoms with E-state index in [1.165, 1.54) is 6.07 Å². The Labute approximate surface area is 266 Å². The maximum atomic E-state index is 15.3. The fraction of sp³-hybridized carbons (Fsp3) is 0.333. The van der Waals surface area contributed by atoms with Gasteiger partial charge >= 0.3 is 0 Å². The largest absolute Gasteiger partial charge is 0.507 e. The number of aromatic nitrogens is 5. The lowest BCUT2D eigenvalue weighted by Gasteiger charge is -2.38. The molecule has 0 unspecified atom stereocenters. The molecule has 1 atom stereocenters. The molecule has 0 spiro atoms. The Hall–Kier alpha value is -5.01. The molecule has 1 aliphatic heterocycles. The van der Waals surface area contributed by atoms with Gasteiger partial charge in [0.25, 0.3) is 11.8 Å². The number of ether oxygens (including phenoxy) is 1. The smallest absolute Gasteiger partial charge is 0.256 e. The van der Waals surface area contributed by atoms with Gasteiger partial charge in [0.15, 0.2) is 5.82 Å². The van der Waals surface area contributed by atoms with Gasteiger partial charge in [-0.1, -0.05) is 30.3 Å². The molecule has 4 heterocycles. The van der Waals surface area contributed by atoms with Crippen molar-refractivity contribution in [3.8, 4) is 22.9 Å². The summed E-state index contributed by atoms with van der Waals surface area (Å²) in [5, 5.41) is 21.5. The topological polar surface area (TPSA) is 136 Å². The number of piperazine rings is 1. The van der Waals surface area contributed by atoms with Gasteiger partial charge in [0.2, 0.25) is 5.95 Å². The van der Waals surface area contributed by atoms with Crippen molar-refractivity contribution in [3.05, 3.63) is 78.0 Å². The molecule has 1 saturated heterocycles. The van der Waals surface area contributed by atoms with E-state index in [0.717, 1.165) is 48.8 Å². The van der Waals surface area contributed by atoms with Crippen LogP contribution in [0.15, 0.2) is 61.1 Å². The van der Waals surface area contributed by atoms with Crippen molar-refractivity contribution in [2.75, 3.05) is 51.7 Å². The lowest BCUT2D eigenvalue weighted by atomic mass is 9.99. The number of phenolic OH excluding ortho intramolecular Hbond substituents is 1. The first-order chi connectivity index (χ1) is 22.3. The van der Waals surface area contributed by atoms with E-state index in [2.05, 4.69) is 53.6 Å². The molecular weight excluding hydrogens is 589 g/mol. The van der Waals surface area contributed by atoms with Crippen molar-refractivity contribution in [1.29, 1.82) is 0 Å². The molecule has 4 N–H and O–H groups in total. The van der Waals surface area contributed by atoms with Gasteiger partial charge in [-0.2, -0.15) is 0 Å². The van der Waals surface area contributed by atoms with E-state index in [1.54, 1.807) is 42.3 Å². The Morgan fingerprint density at radius 2 is 1.93 bits per heavy atom. The van der Waals surface area contributed by atoms with E-state index in [0.29, 0.717) is 36.7 Å². The number of hydrogen-bond acceptors (Lipinski definition) is 9. The standard InChI is InChI=1S/C33H38FN9O3/c1-4-46-32-27(20-42(3)40-32)38-33-37-19-26(34)30(39-33)25-18-35-29-21(8-7-10-23(25)29)16-22(43-14-12-41(2)13-15-43)17-36-31(45)24-9-5-6-11-28(24)44/h5-11,18-20,22,35,44H,4,12-17H2,1-3H3,(H,36,45)(H,37,38,39)/t22-/m1/s1. The van der Waals surface area contributed by atoms with Crippen LogP contribution in [-0.2, 0) is 13.5 Å². The molecule has 1 amide bonds. The molecule has 0 bridgehead atoms. The van der Waals surface area contributed by atoms with E-state index in [1.807, 2.05) is 19.1 Å². The number of carbonyl (C=O) groups excluding carboxylic acids is 1. The second kappa shape index (κ2) is 13.5. The average molecular weight is 628 g/mol. The predicted octanol–water partition coefficient (Wildman–Crippen LogP) is 3.93. The summed E-state index contributed by atoms with van der Waals surface area (Å²) in [7, 11) is 3.89. The maximum Gasteiger partial charge on any atom is 0.256 e. The number of rotatable bonds is 11. The summed E-state index contributed by atoms with van der Waals surface area (Å²) in [4.78, 5) is 29.7. The molecule has 0 radical (unpaired) electrons. The van der Waals surface area contributed by atoms with Crippen LogP contribution in [0.2, 0.25) is 0 Å². The zero-order valence-corrected chi connectivity index (χ0v) is 26.1. The van der Waals surface area contributed by atoms with E-state index in [9.17, 15) is 9.90 Å². The van der Waals surface area contributed by atoms with Crippen LogP contribution in [0.1, 0.15) is 22.8 Å². The maximum absolute atomic E-state index is 15.3. The van der Waals surface area contributed by atoms with Gasteiger partial charge in [-0.05, 0) is 38.1 Å². The Morgan fingerprint density at radius 3 is 2.72 bits per heavy atom. The van der Waals surface area contributed by atoms with Crippen molar-refractivity contribution in [1.82, 2.24) is 39.8 Å². The lowest BCUT2D eigenvalue weighted by molar-refractivity contribution is 0.0884. The average Bonchev–Trinajstić information content (AvgIpc) is 3.64. The van der Waals surface area contributed by atoms with E-state index in [-0.39, 0.29) is 34.9 Å². The van der Waals surface area contributed by atoms with Gasteiger partial charge in [0.1, 0.15) is 17.1 Å². The minimum Gasteiger partial charge on any atom is -0.507 e. The van der Waals surface area contributed by atoms with Crippen LogP contribution in [0.5, 0.6) is 11.6 Å². The minimum atomic E-state index is -0.546. The number of carbonyl (C=O) groups is 1. The summed E-state index contributed by atoms with van der Waals surface area (Å²) in [6, 6.07) is 12.5. The molecular formula is C33H38FN9O3. The Balaban J connectivity index is 1.27. The van der Waals surface area contributed by atoms with Crippen LogP contribution in [-0.4, -0.2) is 98.0 Å². The van der Waals surface area contributed by atoms with Crippen LogP contribution >= 0.6 is 0 Å². The summed E-state index contributed by atoms with van der Waals surface area (Å²) >= 11 is 0. The van der Waals surface area contributed by atoms with Crippen LogP contribution in [0.4, 0.5) is 16.0 Å². The van der Waals surface area contributed by atoms with Gasteiger partial charge in [-0.3, -0.25) is 14.4 Å². The molecule has 3 aromatic heterocycles.